The minimum atomic E-state index is -0.226. The van der Waals surface area contributed by atoms with E-state index in [4.69, 9.17) is 4.74 Å². The maximum absolute atomic E-state index is 11.1. The van der Waals surface area contributed by atoms with Crippen LogP contribution in [0.25, 0.3) is 0 Å². The number of esters is 1. The van der Waals surface area contributed by atoms with E-state index in [9.17, 15) is 4.79 Å². The molecular formula is C9H15NO2. The van der Waals surface area contributed by atoms with Gasteiger partial charge in [-0.15, -0.1) is 0 Å². The highest BCUT2D eigenvalue weighted by Crippen LogP contribution is 2.11. The molecule has 0 aromatic carbocycles. The molecule has 0 bridgehead atoms. The highest BCUT2D eigenvalue weighted by molar-refractivity contribution is 5.75. The molecule has 1 atom stereocenters. The Hall–Kier alpha value is -1.12. The number of nitrogens with zero attached hydrogens (tertiary/aromatic N) is 1. The minimum absolute atomic E-state index is 0.213. The number of rotatable bonds is 4. The molecular weight excluding hydrogens is 154 g/mol. The number of ether oxygens (including phenoxy) is 1. The first kappa shape index (κ1) is 10.9. The third-order valence-electron chi connectivity index (χ3n) is 1.62. The van der Waals surface area contributed by atoms with Crippen LogP contribution < -0.4 is 0 Å². The zero-order valence-corrected chi connectivity index (χ0v) is 7.83. The van der Waals surface area contributed by atoms with Crippen molar-refractivity contribution in [3.8, 4) is 0 Å². The Balaban J connectivity index is 4.18. The van der Waals surface area contributed by atoms with E-state index in [0.717, 1.165) is 5.57 Å². The first-order valence-corrected chi connectivity index (χ1v) is 3.92. The summed E-state index contributed by atoms with van der Waals surface area (Å²) in [6.07, 6.45) is 1.57. The molecule has 0 radical (unpaired) electrons. The van der Waals surface area contributed by atoms with Gasteiger partial charge in [0.25, 0.3) is 0 Å². The molecule has 0 heterocycles. The van der Waals surface area contributed by atoms with Crippen LogP contribution in [0.3, 0.4) is 0 Å². The van der Waals surface area contributed by atoms with Crippen molar-refractivity contribution in [3.05, 3.63) is 11.8 Å². The normalized spacial score (nSPS) is 13.8. The van der Waals surface area contributed by atoms with Gasteiger partial charge < -0.3 is 4.74 Å². The third-order valence-corrected chi connectivity index (χ3v) is 1.62. The number of carbonyl (C=O) groups excluding carboxylic acids is 1. The average Bonchev–Trinajstić information content (AvgIpc) is 2.04. The summed E-state index contributed by atoms with van der Waals surface area (Å²) >= 11 is 0. The predicted molar refractivity (Wildman–Crippen MR) is 49.1 cm³/mol. The largest absolute Gasteiger partial charge is 0.466 e. The van der Waals surface area contributed by atoms with Crippen LogP contribution in [-0.4, -0.2) is 19.3 Å². The van der Waals surface area contributed by atoms with Gasteiger partial charge in [0.2, 0.25) is 0 Å². The maximum atomic E-state index is 11.1. The lowest BCUT2D eigenvalue weighted by molar-refractivity contribution is -0.146. The molecule has 0 aromatic rings. The minimum Gasteiger partial charge on any atom is -0.466 e. The molecule has 0 aromatic heterocycles. The fraction of sp³-hybridized carbons (Fsp3) is 0.556. The molecule has 3 heteroatoms. The van der Waals surface area contributed by atoms with Crippen molar-refractivity contribution in [1.82, 2.24) is 0 Å². The first-order valence-electron chi connectivity index (χ1n) is 3.92. The molecule has 0 aliphatic rings. The summed E-state index contributed by atoms with van der Waals surface area (Å²) in [5, 5.41) is 0. The number of hydrogen-bond donors (Lipinski definition) is 0. The summed E-state index contributed by atoms with van der Waals surface area (Å²) in [5.74, 6) is -0.439. The lowest BCUT2D eigenvalue weighted by Gasteiger charge is -2.09. The second-order valence-corrected chi connectivity index (χ2v) is 2.53. The van der Waals surface area contributed by atoms with Gasteiger partial charge in [-0.2, -0.15) is 0 Å². The van der Waals surface area contributed by atoms with Crippen molar-refractivity contribution in [3.63, 3.8) is 0 Å². The Morgan fingerprint density at radius 3 is 2.75 bits per heavy atom. The number of carbonyl (C=O) groups is 1. The Bertz CT molecular complexity index is 197. The van der Waals surface area contributed by atoms with E-state index >= 15 is 0 Å². The van der Waals surface area contributed by atoms with Gasteiger partial charge in [-0.1, -0.05) is 0 Å². The lowest BCUT2D eigenvalue weighted by Crippen LogP contribution is -2.15. The molecule has 68 valence electrons. The molecule has 0 saturated heterocycles. The van der Waals surface area contributed by atoms with Crippen LogP contribution in [-0.2, 0) is 9.53 Å². The van der Waals surface area contributed by atoms with E-state index in [1.165, 1.54) is 0 Å². The van der Waals surface area contributed by atoms with Crippen LogP contribution >= 0.6 is 0 Å². The molecule has 1 unspecified atom stereocenters. The summed E-state index contributed by atoms with van der Waals surface area (Å²) in [6, 6.07) is 0. The van der Waals surface area contributed by atoms with Crippen LogP contribution in [0.15, 0.2) is 16.8 Å². The number of aliphatic imine (C=N–C) groups is 1. The molecule has 0 aliphatic heterocycles. The van der Waals surface area contributed by atoms with Crippen molar-refractivity contribution in [2.24, 2.45) is 10.9 Å². The summed E-state index contributed by atoms with van der Waals surface area (Å²) in [5.41, 5.74) is 0.864. The van der Waals surface area contributed by atoms with Gasteiger partial charge in [0, 0.05) is 6.20 Å². The van der Waals surface area contributed by atoms with Gasteiger partial charge in [0.05, 0.1) is 12.5 Å². The Kier molecular flexibility index (Phi) is 5.00. The maximum Gasteiger partial charge on any atom is 0.312 e. The molecule has 0 saturated carbocycles. The van der Waals surface area contributed by atoms with Crippen LogP contribution in [0, 0.1) is 5.92 Å². The summed E-state index contributed by atoms with van der Waals surface area (Å²) in [4.78, 5) is 14.7. The van der Waals surface area contributed by atoms with Crippen LogP contribution in [0.1, 0.15) is 20.8 Å². The standard InChI is InChI=1S/C9H15NO2/c1-5-12-9(11)8(3)7(2)6-10-4/h6,8H,4-5H2,1-3H3/b7-6+. The molecule has 0 amide bonds. The predicted octanol–water partition coefficient (Wildman–Crippen LogP) is 1.79. The topological polar surface area (TPSA) is 38.7 Å². The number of hydrogen-bond acceptors (Lipinski definition) is 3. The van der Waals surface area contributed by atoms with Crippen LogP contribution in [0.2, 0.25) is 0 Å². The van der Waals surface area contributed by atoms with E-state index in [2.05, 4.69) is 11.7 Å². The Morgan fingerprint density at radius 1 is 1.75 bits per heavy atom. The van der Waals surface area contributed by atoms with Crippen molar-refractivity contribution in [2.75, 3.05) is 6.61 Å². The van der Waals surface area contributed by atoms with Crippen molar-refractivity contribution in [2.45, 2.75) is 20.8 Å². The second kappa shape index (κ2) is 5.52. The van der Waals surface area contributed by atoms with Gasteiger partial charge in [-0.3, -0.25) is 9.79 Å². The van der Waals surface area contributed by atoms with Crippen molar-refractivity contribution in [1.29, 1.82) is 0 Å². The SMILES string of the molecule is C=N/C=C(\C)C(C)C(=O)OCC. The smallest absolute Gasteiger partial charge is 0.312 e. The van der Waals surface area contributed by atoms with Gasteiger partial charge in [0.1, 0.15) is 0 Å². The van der Waals surface area contributed by atoms with Gasteiger partial charge in [-0.05, 0) is 33.1 Å². The summed E-state index contributed by atoms with van der Waals surface area (Å²) in [6.45, 7) is 9.13. The highest BCUT2D eigenvalue weighted by Gasteiger charge is 2.14. The zero-order chi connectivity index (χ0) is 9.56. The first-order chi connectivity index (χ1) is 5.63. The average molecular weight is 169 g/mol. The molecule has 0 spiro atoms. The van der Waals surface area contributed by atoms with Crippen molar-refractivity contribution < 1.29 is 9.53 Å². The monoisotopic (exact) mass is 169 g/mol. The third kappa shape index (κ3) is 3.32. The molecule has 0 rings (SSSR count). The fourth-order valence-corrected chi connectivity index (χ4v) is 0.709. The van der Waals surface area contributed by atoms with E-state index in [-0.39, 0.29) is 11.9 Å². The molecule has 0 fully saturated rings. The zero-order valence-electron chi connectivity index (χ0n) is 7.83. The van der Waals surface area contributed by atoms with Gasteiger partial charge >= 0.3 is 5.97 Å². The van der Waals surface area contributed by atoms with Crippen LogP contribution in [0.4, 0.5) is 0 Å². The van der Waals surface area contributed by atoms with Gasteiger partial charge in [0.15, 0.2) is 0 Å². The molecule has 3 nitrogen and oxygen atoms in total. The van der Waals surface area contributed by atoms with Gasteiger partial charge in [-0.25, -0.2) is 0 Å². The molecule has 12 heavy (non-hydrogen) atoms. The van der Waals surface area contributed by atoms with Crippen LogP contribution in [0.5, 0.6) is 0 Å². The van der Waals surface area contributed by atoms with E-state index < -0.39 is 0 Å². The Morgan fingerprint density at radius 2 is 2.33 bits per heavy atom. The highest BCUT2D eigenvalue weighted by atomic mass is 16.5. The lowest BCUT2D eigenvalue weighted by atomic mass is 10.0. The summed E-state index contributed by atoms with van der Waals surface area (Å²) in [7, 11) is 0. The van der Waals surface area contributed by atoms with E-state index in [1.807, 2.05) is 6.92 Å². The van der Waals surface area contributed by atoms with Crippen molar-refractivity contribution >= 4 is 12.7 Å². The van der Waals surface area contributed by atoms with E-state index in [1.54, 1.807) is 20.0 Å². The van der Waals surface area contributed by atoms with E-state index in [0.29, 0.717) is 6.61 Å². The molecule has 0 N–H and O–H groups in total. The Labute approximate surface area is 73.1 Å². The fourth-order valence-electron chi connectivity index (χ4n) is 0.709. The molecule has 0 aliphatic carbocycles. The summed E-state index contributed by atoms with van der Waals surface area (Å²) < 4.78 is 4.83. The second-order valence-electron chi connectivity index (χ2n) is 2.53. The quantitative estimate of drug-likeness (QED) is 0.475.